The first-order valence-corrected chi connectivity index (χ1v) is 6.01. The van der Waals surface area contributed by atoms with Crippen molar-refractivity contribution in [2.75, 3.05) is 20.1 Å². The SMILES string of the molecule is CCCc1nc(C(=O)N(C)CC(=O)NCC)n[nH]1. The predicted octanol–water partition coefficient (Wildman–Crippen LogP) is -0.0347. The second-order valence-electron chi connectivity index (χ2n) is 3.97. The summed E-state index contributed by atoms with van der Waals surface area (Å²) in [5, 5.41) is 9.19. The zero-order valence-electron chi connectivity index (χ0n) is 11.0. The summed E-state index contributed by atoms with van der Waals surface area (Å²) < 4.78 is 0. The molecule has 0 aliphatic rings. The van der Waals surface area contributed by atoms with Crippen molar-refractivity contribution in [3.63, 3.8) is 0 Å². The van der Waals surface area contributed by atoms with E-state index < -0.39 is 0 Å². The second kappa shape index (κ2) is 6.73. The van der Waals surface area contributed by atoms with Gasteiger partial charge in [-0.2, -0.15) is 0 Å². The van der Waals surface area contributed by atoms with Crippen LogP contribution >= 0.6 is 0 Å². The number of carbonyl (C=O) groups is 2. The van der Waals surface area contributed by atoms with Crippen LogP contribution in [0.25, 0.3) is 0 Å². The van der Waals surface area contributed by atoms with E-state index in [4.69, 9.17) is 0 Å². The number of aromatic amines is 1. The molecule has 0 bridgehead atoms. The maximum absolute atomic E-state index is 11.9. The maximum atomic E-state index is 11.9. The molecule has 0 aliphatic heterocycles. The third kappa shape index (κ3) is 3.83. The lowest BCUT2D eigenvalue weighted by Crippen LogP contribution is -2.38. The van der Waals surface area contributed by atoms with E-state index in [1.54, 1.807) is 7.05 Å². The molecular weight excluding hydrogens is 234 g/mol. The molecule has 7 nitrogen and oxygen atoms in total. The topological polar surface area (TPSA) is 91.0 Å². The number of aromatic nitrogens is 3. The lowest BCUT2D eigenvalue weighted by molar-refractivity contribution is -0.121. The van der Waals surface area contributed by atoms with Crippen molar-refractivity contribution in [3.8, 4) is 0 Å². The van der Waals surface area contributed by atoms with E-state index in [9.17, 15) is 9.59 Å². The van der Waals surface area contributed by atoms with E-state index >= 15 is 0 Å². The average Bonchev–Trinajstić information content (AvgIpc) is 2.77. The summed E-state index contributed by atoms with van der Waals surface area (Å²) >= 11 is 0. The summed E-state index contributed by atoms with van der Waals surface area (Å²) in [6, 6.07) is 0. The van der Waals surface area contributed by atoms with Crippen LogP contribution in [0.15, 0.2) is 0 Å². The van der Waals surface area contributed by atoms with Crippen LogP contribution < -0.4 is 5.32 Å². The summed E-state index contributed by atoms with van der Waals surface area (Å²) in [6.45, 7) is 4.39. The molecule has 0 fully saturated rings. The molecular formula is C11H19N5O2. The molecule has 18 heavy (non-hydrogen) atoms. The highest BCUT2D eigenvalue weighted by Crippen LogP contribution is 2.00. The number of amides is 2. The first-order chi connectivity index (χ1) is 8.58. The molecule has 100 valence electrons. The van der Waals surface area contributed by atoms with Gasteiger partial charge in [-0.3, -0.25) is 14.7 Å². The van der Waals surface area contributed by atoms with E-state index in [1.165, 1.54) is 4.90 Å². The van der Waals surface area contributed by atoms with Crippen LogP contribution in [0.2, 0.25) is 0 Å². The van der Waals surface area contributed by atoms with Gasteiger partial charge in [-0.15, -0.1) is 5.10 Å². The van der Waals surface area contributed by atoms with Crippen molar-refractivity contribution in [3.05, 3.63) is 11.6 Å². The Morgan fingerprint density at radius 3 is 2.72 bits per heavy atom. The molecule has 0 aliphatic carbocycles. The monoisotopic (exact) mass is 253 g/mol. The van der Waals surface area contributed by atoms with Gasteiger partial charge in [0.2, 0.25) is 11.7 Å². The molecule has 0 saturated heterocycles. The van der Waals surface area contributed by atoms with Crippen LogP contribution in [-0.4, -0.2) is 52.0 Å². The molecule has 1 heterocycles. The molecule has 1 rings (SSSR count). The van der Waals surface area contributed by atoms with E-state index in [1.807, 2.05) is 13.8 Å². The van der Waals surface area contributed by atoms with Gasteiger partial charge in [-0.1, -0.05) is 6.92 Å². The van der Waals surface area contributed by atoms with Gasteiger partial charge in [-0.25, -0.2) is 4.98 Å². The predicted molar refractivity (Wildman–Crippen MR) is 66.0 cm³/mol. The van der Waals surface area contributed by atoms with Crippen molar-refractivity contribution in [1.29, 1.82) is 0 Å². The Morgan fingerprint density at radius 2 is 2.11 bits per heavy atom. The molecule has 0 saturated carbocycles. The fourth-order valence-electron chi connectivity index (χ4n) is 1.45. The number of likely N-dealkylation sites (N-methyl/N-ethyl adjacent to an activating group) is 2. The van der Waals surface area contributed by atoms with Crippen LogP contribution in [0.1, 0.15) is 36.7 Å². The summed E-state index contributed by atoms with van der Waals surface area (Å²) in [5.74, 6) is 0.232. The third-order valence-electron chi connectivity index (χ3n) is 2.31. The molecule has 2 N–H and O–H groups in total. The smallest absolute Gasteiger partial charge is 0.293 e. The maximum Gasteiger partial charge on any atom is 0.293 e. The van der Waals surface area contributed by atoms with Gasteiger partial charge in [0.25, 0.3) is 5.91 Å². The second-order valence-corrected chi connectivity index (χ2v) is 3.97. The Morgan fingerprint density at radius 1 is 1.39 bits per heavy atom. The van der Waals surface area contributed by atoms with Crippen LogP contribution in [0.3, 0.4) is 0 Å². The van der Waals surface area contributed by atoms with Crippen molar-refractivity contribution in [2.45, 2.75) is 26.7 Å². The fraction of sp³-hybridized carbons (Fsp3) is 0.636. The minimum absolute atomic E-state index is 0.00429. The van der Waals surface area contributed by atoms with E-state index in [0.29, 0.717) is 12.4 Å². The van der Waals surface area contributed by atoms with E-state index in [2.05, 4.69) is 20.5 Å². The van der Waals surface area contributed by atoms with Crippen LogP contribution in [-0.2, 0) is 11.2 Å². The number of H-pyrrole nitrogens is 1. The lowest BCUT2D eigenvalue weighted by Gasteiger charge is -2.14. The van der Waals surface area contributed by atoms with Gasteiger partial charge in [-0.05, 0) is 13.3 Å². The lowest BCUT2D eigenvalue weighted by atomic mass is 10.3. The van der Waals surface area contributed by atoms with Crippen molar-refractivity contribution in [2.24, 2.45) is 0 Å². The Kier molecular flexibility index (Phi) is 5.29. The minimum Gasteiger partial charge on any atom is -0.355 e. The van der Waals surface area contributed by atoms with Crippen LogP contribution in [0.4, 0.5) is 0 Å². The van der Waals surface area contributed by atoms with Gasteiger partial charge in [0.15, 0.2) is 0 Å². The first kappa shape index (κ1) is 14.1. The van der Waals surface area contributed by atoms with Crippen LogP contribution in [0, 0.1) is 0 Å². The van der Waals surface area contributed by atoms with Gasteiger partial charge >= 0.3 is 0 Å². The Bertz CT molecular complexity index is 415. The molecule has 0 unspecified atom stereocenters. The standard InChI is InChI=1S/C11H19N5O2/c1-4-6-8-13-10(15-14-8)11(18)16(3)7-9(17)12-5-2/h4-7H2,1-3H3,(H,12,17)(H,13,14,15). The van der Waals surface area contributed by atoms with Crippen molar-refractivity contribution in [1.82, 2.24) is 25.4 Å². The zero-order chi connectivity index (χ0) is 13.5. The van der Waals surface area contributed by atoms with Gasteiger partial charge in [0.05, 0.1) is 6.54 Å². The number of hydrogen-bond donors (Lipinski definition) is 2. The number of aryl methyl sites for hydroxylation is 1. The number of rotatable bonds is 6. The molecule has 1 aromatic rings. The number of carbonyl (C=O) groups excluding carboxylic acids is 2. The number of nitrogens with one attached hydrogen (secondary N) is 2. The van der Waals surface area contributed by atoms with E-state index in [-0.39, 0.29) is 24.2 Å². The fourth-order valence-corrected chi connectivity index (χ4v) is 1.45. The Balaban J connectivity index is 2.59. The molecule has 0 aromatic carbocycles. The Hall–Kier alpha value is -1.92. The molecule has 7 heteroatoms. The highest BCUT2D eigenvalue weighted by molar-refractivity contribution is 5.93. The normalized spacial score (nSPS) is 10.2. The molecule has 0 spiro atoms. The highest BCUT2D eigenvalue weighted by Gasteiger charge is 2.18. The quantitative estimate of drug-likeness (QED) is 0.744. The largest absolute Gasteiger partial charge is 0.355 e. The van der Waals surface area contributed by atoms with Crippen LogP contribution in [0.5, 0.6) is 0 Å². The Labute approximate surface area is 106 Å². The molecule has 0 radical (unpaired) electrons. The average molecular weight is 253 g/mol. The van der Waals surface area contributed by atoms with Crippen molar-refractivity contribution >= 4 is 11.8 Å². The molecule has 0 atom stereocenters. The van der Waals surface area contributed by atoms with Gasteiger partial charge in [0, 0.05) is 20.0 Å². The summed E-state index contributed by atoms with van der Waals surface area (Å²) in [6.07, 6.45) is 1.68. The highest BCUT2D eigenvalue weighted by atomic mass is 16.2. The summed E-state index contributed by atoms with van der Waals surface area (Å²) in [5.41, 5.74) is 0. The third-order valence-corrected chi connectivity index (χ3v) is 2.31. The van der Waals surface area contributed by atoms with E-state index in [0.717, 1.165) is 12.8 Å². The zero-order valence-corrected chi connectivity index (χ0v) is 11.0. The summed E-state index contributed by atoms with van der Waals surface area (Å²) in [7, 11) is 1.55. The summed E-state index contributed by atoms with van der Waals surface area (Å²) in [4.78, 5) is 28.6. The van der Waals surface area contributed by atoms with Crippen molar-refractivity contribution < 1.29 is 9.59 Å². The van der Waals surface area contributed by atoms with Gasteiger partial charge < -0.3 is 10.2 Å². The molecule has 2 amide bonds. The minimum atomic E-state index is -0.361. The van der Waals surface area contributed by atoms with Gasteiger partial charge in [0.1, 0.15) is 5.82 Å². The number of hydrogen-bond acceptors (Lipinski definition) is 4. The first-order valence-electron chi connectivity index (χ1n) is 6.01. The number of nitrogens with zero attached hydrogens (tertiary/aromatic N) is 3. The molecule has 1 aromatic heterocycles.